The molecular formula is C24H30N2O6. The zero-order valence-electron chi connectivity index (χ0n) is 18.4. The Labute approximate surface area is 187 Å². The van der Waals surface area contributed by atoms with E-state index in [1.165, 1.54) is 26.2 Å². The molecule has 172 valence electrons. The molecule has 4 aliphatic carbocycles. The highest BCUT2D eigenvalue weighted by atomic mass is 16.6. The van der Waals surface area contributed by atoms with Crippen LogP contribution >= 0.6 is 0 Å². The molecule has 6 rings (SSSR count). The summed E-state index contributed by atoms with van der Waals surface area (Å²) < 4.78 is 16.2. The van der Waals surface area contributed by atoms with Crippen LogP contribution in [0, 0.1) is 23.2 Å². The summed E-state index contributed by atoms with van der Waals surface area (Å²) in [5, 5.41) is 5.50. The van der Waals surface area contributed by atoms with Crippen molar-refractivity contribution in [2.75, 3.05) is 25.1 Å². The van der Waals surface area contributed by atoms with E-state index in [0.717, 1.165) is 19.3 Å². The van der Waals surface area contributed by atoms with Crippen LogP contribution in [0.4, 0.5) is 5.69 Å². The first-order valence-electron chi connectivity index (χ1n) is 11.6. The minimum Gasteiger partial charge on any atom is -0.486 e. The maximum absolute atomic E-state index is 13.0. The number of esters is 1. The molecule has 1 atom stereocenters. The second-order valence-corrected chi connectivity index (χ2v) is 9.86. The minimum atomic E-state index is -0.993. The van der Waals surface area contributed by atoms with Gasteiger partial charge in [-0.05, 0) is 75.3 Å². The van der Waals surface area contributed by atoms with E-state index >= 15 is 0 Å². The van der Waals surface area contributed by atoms with Gasteiger partial charge in [-0.1, -0.05) is 0 Å². The number of fused-ring (bicyclic) bond motifs is 1. The summed E-state index contributed by atoms with van der Waals surface area (Å²) in [6.07, 6.45) is 5.59. The van der Waals surface area contributed by atoms with Crippen molar-refractivity contribution in [1.29, 1.82) is 0 Å². The average molecular weight is 443 g/mol. The number of carbonyl (C=O) groups is 3. The van der Waals surface area contributed by atoms with E-state index in [9.17, 15) is 14.4 Å². The van der Waals surface area contributed by atoms with Crippen molar-refractivity contribution >= 4 is 23.5 Å². The summed E-state index contributed by atoms with van der Waals surface area (Å²) >= 11 is 0. The first kappa shape index (κ1) is 21.1. The van der Waals surface area contributed by atoms with Crippen LogP contribution in [0.5, 0.6) is 11.5 Å². The molecule has 1 heterocycles. The zero-order valence-corrected chi connectivity index (χ0v) is 18.4. The number of ether oxygens (including phenoxy) is 3. The molecule has 5 aliphatic rings. The lowest BCUT2D eigenvalue weighted by Crippen LogP contribution is -2.54. The fourth-order valence-corrected chi connectivity index (χ4v) is 6.39. The highest BCUT2D eigenvalue weighted by molar-refractivity contribution is 5.95. The third-order valence-corrected chi connectivity index (χ3v) is 7.40. The van der Waals surface area contributed by atoms with E-state index < -0.39 is 18.0 Å². The molecular weight excluding hydrogens is 412 g/mol. The molecule has 8 nitrogen and oxygen atoms in total. The largest absolute Gasteiger partial charge is 0.486 e. The fourth-order valence-electron chi connectivity index (χ4n) is 6.39. The molecule has 2 amide bonds. The van der Waals surface area contributed by atoms with Crippen LogP contribution in [-0.2, 0) is 19.1 Å². The van der Waals surface area contributed by atoms with Gasteiger partial charge in [-0.3, -0.25) is 14.4 Å². The SMILES string of the molecule is C[C@H](OC(=O)CNC(=O)C12CC3CC(CC(C3)C1)C2)C(=O)Nc1ccc2c(c1)OCCO2. The van der Waals surface area contributed by atoms with E-state index in [2.05, 4.69) is 10.6 Å². The Morgan fingerprint density at radius 1 is 1.03 bits per heavy atom. The summed E-state index contributed by atoms with van der Waals surface area (Å²) in [5.41, 5.74) is 0.216. The molecule has 1 aliphatic heterocycles. The fraction of sp³-hybridized carbons (Fsp3) is 0.625. The normalized spacial score (nSPS) is 30.3. The molecule has 0 unspecified atom stereocenters. The van der Waals surface area contributed by atoms with Crippen molar-refractivity contribution in [3.63, 3.8) is 0 Å². The second-order valence-electron chi connectivity index (χ2n) is 9.86. The first-order chi connectivity index (χ1) is 15.4. The Hall–Kier alpha value is -2.77. The van der Waals surface area contributed by atoms with Crippen LogP contribution in [-0.4, -0.2) is 43.6 Å². The monoisotopic (exact) mass is 442 g/mol. The van der Waals surface area contributed by atoms with Gasteiger partial charge in [0, 0.05) is 17.2 Å². The highest BCUT2D eigenvalue weighted by Gasteiger charge is 2.54. The molecule has 0 spiro atoms. The van der Waals surface area contributed by atoms with Crippen LogP contribution in [0.3, 0.4) is 0 Å². The summed E-state index contributed by atoms with van der Waals surface area (Å²) in [4.78, 5) is 37.7. The van der Waals surface area contributed by atoms with E-state index in [1.54, 1.807) is 18.2 Å². The van der Waals surface area contributed by atoms with Gasteiger partial charge in [0.1, 0.15) is 19.8 Å². The van der Waals surface area contributed by atoms with Crippen molar-refractivity contribution in [3.8, 4) is 11.5 Å². The van der Waals surface area contributed by atoms with Gasteiger partial charge < -0.3 is 24.8 Å². The Morgan fingerprint density at radius 2 is 1.66 bits per heavy atom. The Balaban J connectivity index is 1.10. The standard InChI is InChI=1S/C24H30N2O6/c1-14(22(28)26-18-2-3-19-20(9-18)31-5-4-30-19)32-21(27)13-25-23(29)24-10-15-6-16(11-24)8-17(7-15)12-24/h2-3,9,14-17H,4-8,10-13H2,1H3,(H,25,29)(H,26,28)/t14-,15?,16?,17?,24?/m0/s1. The molecule has 4 fully saturated rings. The number of hydrogen-bond donors (Lipinski definition) is 2. The Kier molecular flexibility index (Phi) is 5.47. The molecule has 0 radical (unpaired) electrons. The van der Waals surface area contributed by atoms with Gasteiger partial charge in [0.05, 0.1) is 0 Å². The number of anilines is 1. The molecule has 0 saturated heterocycles. The van der Waals surface area contributed by atoms with Crippen LogP contribution in [0.25, 0.3) is 0 Å². The molecule has 0 aromatic heterocycles. The second kappa shape index (κ2) is 8.30. The van der Waals surface area contributed by atoms with Crippen LogP contribution in [0.2, 0.25) is 0 Å². The van der Waals surface area contributed by atoms with E-state index in [0.29, 0.717) is 48.2 Å². The number of hydrogen-bond acceptors (Lipinski definition) is 6. The van der Waals surface area contributed by atoms with Crippen molar-refractivity contribution in [2.24, 2.45) is 23.2 Å². The van der Waals surface area contributed by atoms with Crippen molar-refractivity contribution < 1.29 is 28.6 Å². The lowest BCUT2D eigenvalue weighted by molar-refractivity contribution is -0.155. The summed E-state index contributed by atoms with van der Waals surface area (Å²) in [6, 6.07) is 5.10. The minimum absolute atomic E-state index is 0.0260. The smallest absolute Gasteiger partial charge is 0.326 e. The molecule has 1 aromatic carbocycles. The number of amides is 2. The third-order valence-electron chi connectivity index (χ3n) is 7.40. The van der Waals surface area contributed by atoms with E-state index in [1.807, 2.05) is 0 Å². The van der Waals surface area contributed by atoms with Crippen LogP contribution in [0.15, 0.2) is 18.2 Å². The number of nitrogens with one attached hydrogen (secondary N) is 2. The summed E-state index contributed by atoms with van der Waals surface area (Å²) in [6.45, 7) is 2.23. The van der Waals surface area contributed by atoms with Gasteiger partial charge in [-0.25, -0.2) is 0 Å². The number of carbonyl (C=O) groups excluding carboxylic acids is 3. The highest BCUT2D eigenvalue weighted by Crippen LogP contribution is 2.60. The number of benzene rings is 1. The first-order valence-corrected chi connectivity index (χ1v) is 11.6. The van der Waals surface area contributed by atoms with Gasteiger partial charge in [0.25, 0.3) is 5.91 Å². The lowest BCUT2D eigenvalue weighted by atomic mass is 9.49. The van der Waals surface area contributed by atoms with Crippen molar-refractivity contribution in [1.82, 2.24) is 5.32 Å². The third kappa shape index (κ3) is 4.14. The van der Waals surface area contributed by atoms with Gasteiger partial charge in [0.2, 0.25) is 5.91 Å². The van der Waals surface area contributed by atoms with Crippen molar-refractivity contribution in [3.05, 3.63) is 18.2 Å². The quantitative estimate of drug-likeness (QED) is 0.657. The molecule has 4 bridgehead atoms. The van der Waals surface area contributed by atoms with Gasteiger partial charge in [0.15, 0.2) is 17.6 Å². The van der Waals surface area contributed by atoms with E-state index in [-0.39, 0.29) is 17.9 Å². The predicted molar refractivity (Wildman–Crippen MR) is 115 cm³/mol. The molecule has 2 N–H and O–H groups in total. The average Bonchev–Trinajstić information content (AvgIpc) is 2.76. The van der Waals surface area contributed by atoms with Gasteiger partial charge >= 0.3 is 5.97 Å². The lowest BCUT2D eigenvalue weighted by Gasteiger charge is -2.55. The maximum Gasteiger partial charge on any atom is 0.326 e. The maximum atomic E-state index is 13.0. The topological polar surface area (TPSA) is 103 Å². The zero-order chi connectivity index (χ0) is 22.3. The van der Waals surface area contributed by atoms with Crippen LogP contribution < -0.4 is 20.1 Å². The number of rotatable bonds is 6. The van der Waals surface area contributed by atoms with Crippen molar-refractivity contribution in [2.45, 2.75) is 51.6 Å². The Morgan fingerprint density at radius 3 is 2.31 bits per heavy atom. The van der Waals surface area contributed by atoms with Gasteiger partial charge in [-0.15, -0.1) is 0 Å². The van der Waals surface area contributed by atoms with E-state index in [4.69, 9.17) is 14.2 Å². The molecule has 1 aromatic rings. The van der Waals surface area contributed by atoms with Gasteiger partial charge in [-0.2, -0.15) is 0 Å². The molecule has 32 heavy (non-hydrogen) atoms. The predicted octanol–water partition coefficient (Wildman–Crippen LogP) is 2.66. The summed E-state index contributed by atoms with van der Waals surface area (Å²) in [7, 11) is 0. The molecule has 8 heteroatoms. The van der Waals surface area contributed by atoms with Crippen LogP contribution in [0.1, 0.15) is 45.4 Å². The Bertz CT molecular complexity index is 894. The summed E-state index contributed by atoms with van der Waals surface area (Å²) in [5.74, 6) is 2.06. The molecule has 4 saturated carbocycles.